The first-order valence-corrected chi connectivity index (χ1v) is 7.79. The SMILES string of the molecule is O=C(O)C(NS(=O)(=O)c1ccc(Br)c(F)c1)C1CC1. The molecule has 8 heteroatoms. The van der Waals surface area contributed by atoms with E-state index in [2.05, 4.69) is 20.7 Å². The molecule has 0 saturated heterocycles. The second-order valence-electron chi connectivity index (χ2n) is 4.35. The van der Waals surface area contributed by atoms with Crippen molar-refractivity contribution in [2.45, 2.75) is 23.8 Å². The quantitative estimate of drug-likeness (QED) is 0.846. The lowest BCUT2D eigenvalue weighted by atomic mass is 10.2. The van der Waals surface area contributed by atoms with Gasteiger partial charge in [0.05, 0.1) is 9.37 Å². The Morgan fingerprint density at radius 2 is 2.11 bits per heavy atom. The number of aliphatic carboxylic acids is 1. The first-order chi connectivity index (χ1) is 8.81. The number of hydrogen-bond acceptors (Lipinski definition) is 3. The summed E-state index contributed by atoms with van der Waals surface area (Å²) >= 11 is 2.92. The highest BCUT2D eigenvalue weighted by molar-refractivity contribution is 9.10. The van der Waals surface area contributed by atoms with E-state index in [1.807, 2.05) is 0 Å². The van der Waals surface area contributed by atoms with Crippen LogP contribution in [0.25, 0.3) is 0 Å². The molecule has 1 fully saturated rings. The van der Waals surface area contributed by atoms with Crippen LogP contribution in [0, 0.1) is 11.7 Å². The minimum atomic E-state index is -4.04. The van der Waals surface area contributed by atoms with Gasteiger partial charge in [-0.15, -0.1) is 0 Å². The summed E-state index contributed by atoms with van der Waals surface area (Å²) in [5, 5.41) is 8.98. The third-order valence-electron chi connectivity index (χ3n) is 2.84. The molecule has 1 aliphatic carbocycles. The number of carboxylic acids is 1. The van der Waals surface area contributed by atoms with E-state index in [0.29, 0.717) is 12.8 Å². The summed E-state index contributed by atoms with van der Waals surface area (Å²) in [6.45, 7) is 0. The summed E-state index contributed by atoms with van der Waals surface area (Å²) in [6, 6.07) is 2.16. The highest BCUT2D eigenvalue weighted by atomic mass is 79.9. The summed E-state index contributed by atoms with van der Waals surface area (Å²) in [6.07, 6.45) is 1.35. The largest absolute Gasteiger partial charge is 0.480 e. The third-order valence-corrected chi connectivity index (χ3v) is 4.92. The number of hydrogen-bond donors (Lipinski definition) is 2. The van der Waals surface area contributed by atoms with E-state index in [0.717, 1.165) is 6.07 Å². The molecule has 1 aliphatic rings. The first kappa shape index (κ1) is 14.4. The van der Waals surface area contributed by atoms with Gasteiger partial charge in [0.25, 0.3) is 0 Å². The second-order valence-corrected chi connectivity index (χ2v) is 6.92. The number of halogens is 2. The monoisotopic (exact) mass is 351 g/mol. The van der Waals surface area contributed by atoms with Crippen molar-refractivity contribution in [3.05, 3.63) is 28.5 Å². The van der Waals surface area contributed by atoms with Crippen LogP contribution in [0.1, 0.15) is 12.8 Å². The number of carboxylic acid groups (broad SMARTS) is 1. The molecule has 0 aliphatic heterocycles. The van der Waals surface area contributed by atoms with Crippen molar-refractivity contribution in [3.8, 4) is 0 Å². The summed E-state index contributed by atoms with van der Waals surface area (Å²) in [4.78, 5) is 10.7. The van der Waals surface area contributed by atoms with Gasteiger partial charge in [-0.3, -0.25) is 4.79 Å². The summed E-state index contributed by atoms with van der Waals surface area (Å²) < 4.78 is 39.5. The highest BCUT2D eigenvalue weighted by Gasteiger charge is 2.39. The lowest BCUT2D eigenvalue weighted by Crippen LogP contribution is -2.42. The molecule has 0 radical (unpaired) electrons. The van der Waals surface area contributed by atoms with Gasteiger partial charge < -0.3 is 5.11 Å². The predicted molar refractivity (Wildman–Crippen MR) is 68.6 cm³/mol. The van der Waals surface area contributed by atoms with Crippen molar-refractivity contribution in [3.63, 3.8) is 0 Å². The topological polar surface area (TPSA) is 83.5 Å². The maximum absolute atomic E-state index is 13.3. The molecule has 1 aromatic rings. The van der Waals surface area contributed by atoms with E-state index in [1.165, 1.54) is 12.1 Å². The van der Waals surface area contributed by atoms with Gasteiger partial charge >= 0.3 is 5.97 Å². The maximum atomic E-state index is 13.3. The zero-order chi connectivity index (χ0) is 14.2. The summed E-state index contributed by atoms with van der Waals surface area (Å²) in [7, 11) is -4.04. The van der Waals surface area contributed by atoms with Gasteiger partial charge in [0.15, 0.2) is 0 Å². The van der Waals surface area contributed by atoms with Gasteiger partial charge in [-0.1, -0.05) is 0 Å². The molecular weight excluding hydrogens is 341 g/mol. The fraction of sp³-hybridized carbons (Fsp3) is 0.364. The number of rotatable bonds is 5. The van der Waals surface area contributed by atoms with Crippen molar-refractivity contribution in [1.82, 2.24) is 4.72 Å². The fourth-order valence-corrected chi connectivity index (χ4v) is 3.17. The standard InChI is InChI=1S/C11H11BrFNO4S/c12-8-4-3-7(5-9(8)13)19(17,18)14-10(11(15)16)6-1-2-6/h3-6,10,14H,1-2H2,(H,15,16). The number of carbonyl (C=O) groups is 1. The minimum Gasteiger partial charge on any atom is -0.480 e. The molecule has 0 spiro atoms. The number of sulfonamides is 1. The average molecular weight is 352 g/mol. The van der Waals surface area contributed by atoms with Gasteiger partial charge in [-0.05, 0) is 52.9 Å². The average Bonchev–Trinajstić information content (AvgIpc) is 3.13. The van der Waals surface area contributed by atoms with Crippen LogP contribution in [0.4, 0.5) is 4.39 Å². The van der Waals surface area contributed by atoms with Crippen molar-refractivity contribution >= 4 is 31.9 Å². The Morgan fingerprint density at radius 3 is 2.58 bits per heavy atom. The smallest absolute Gasteiger partial charge is 0.322 e. The molecule has 1 saturated carbocycles. The predicted octanol–water partition coefficient (Wildman–Crippen LogP) is 1.73. The van der Waals surface area contributed by atoms with Gasteiger partial charge in [0, 0.05) is 0 Å². The van der Waals surface area contributed by atoms with Crippen molar-refractivity contribution in [2.75, 3.05) is 0 Å². The van der Waals surface area contributed by atoms with Gasteiger partial charge in [0.2, 0.25) is 10.0 Å². The van der Waals surface area contributed by atoms with E-state index < -0.39 is 27.9 Å². The van der Waals surface area contributed by atoms with Crippen LogP contribution in [0.15, 0.2) is 27.6 Å². The molecule has 0 aromatic heterocycles. The van der Waals surface area contributed by atoms with Crippen molar-refractivity contribution in [2.24, 2.45) is 5.92 Å². The van der Waals surface area contributed by atoms with Crippen molar-refractivity contribution < 1.29 is 22.7 Å². The third kappa shape index (κ3) is 3.31. The van der Waals surface area contributed by atoms with E-state index in [1.54, 1.807) is 0 Å². The molecule has 0 amide bonds. The van der Waals surface area contributed by atoms with Crippen LogP contribution in [-0.4, -0.2) is 25.5 Å². The van der Waals surface area contributed by atoms with Crippen LogP contribution >= 0.6 is 15.9 Å². The fourth-order valence-electron chi connectivity index (χ4n) is 1.66. The molecule has 5 nitrogen and oxygen atoms in total. The molecule has 0 bridgehead atoms. The summed E-state index contributed by atoms with van der Waals surface area (Å²) in [5.41, 5.74) is 0. The van der Waals surface area contributed by atoms with Crippen molar-refractivity contribution in [1.29, 1.82) is 0 Å². The molecule has 1 aromatic carbocycles. The van der Waals surface area contributed by atoms with E-state index >= 15 is 0 Å². The van der Waals surface area contributed by atoms with Crippen LogP contribution in [0.3, 0.4) is 0 Å². The second kappa shape index (κ2) is 5.18. The minimum absolute atomic E-state index is 0.142. The number of nitrogens with one attached hydrogen (secondary N) is 1. The van der Waals surface area contributed by atoms with E-state index in [9.17, 15) is 17.6 Å². The maximum Gasteiger partial charge on any atom is 0.322 e. The molecule has 19 heavy (non-hydrogen) atoms. The molecule has 2 N–H and O–H groups in total. The van der Waals surface area contributed by atoms with Gasteiger partial charge in [0.1, 0.15) is 11.9 Å². The zero-order valence-corrected chi connectivity index (χ0v) is 12.0. The van der Waals surface area contributed by atoms with E-state index in [4.69, 9.17) is 5.11 Å². The normalized spacial score (nSPS) is 17.2. The lowest BCUT2D eigenvalue weighted by molar-refractivity contribution is -0.139. The van der Waals surface area contributed by atoms with E-state index in [-0.39, 0.29) is 15.3 Å². The Bertz CT molecular complexity index is 615. The molecule has 1 atom stereocenters. The molecule has 0 heterocycles. The zero-order valence-electron chi connectivity index (χ0n) is 9.64. The summed E-state index contributed by atoms with van der Waals surface area (Å²) in [5.74, 6) is -2.13. The Balaban J connectivity index is 2.26. The van der Waals surface area contributed by atoms with Crippen LogP contribution in [0.5, 0.6) is 0 Å². The van der Waals surface area contributed by atoms with Gasteiger partial charge in [-0.2, -0.15) is 4.72 Å². The van der Waals surface area contributed by atoms with Crippen LogP contribution in [0.2, 0.25) is 0 Å². The van der Waals surface area contributed by atoms with Crippen LogP contribution < -0.4 is 4.72 Å². The Morgan fingerprint density at radius 1 is 1.47 bits per heavy atom. The molecule has 104 valence electrons. The lowest BCUT2D eigenvalue weighted by Gasteiger charge is -2.14. The number of benzene rings is 1. The Hall–Kier alpha value is -0.990. The van der Waals surface area contributed by atoms with Gasteiger partial charge in [-0.25, -0.2) is 12.8 Å². The highest BCUT2D eigenvalue weighted by Crippen LogP contribution is 2.33. The first-order valence-electron chi connectivity index (χ1n) is 5.51. The molecule has 2 rings (SSSR count). The molecule has 1 unspecified atom stereocenters. The Labute approximate surface area is 118 Å². The molecular formula is C11H11BrFNO4S. The Kier molecular flexibility index (Phi) is 3.93. The van der Waals surface area contributed by atoms with Crippen LogP contribution in [-0.2, 0) is 14.8 Å².